The molecule has 102 valence electrons. The number of carbonyl (C=O) groups excluding carboxylic acids is 2. The molecule has 1 aliphatic rings. The molecule has 7 heteroatoms. The number of carbonyl (C=O) groups is 3. The van der Waals surface area contributed by atoms with Gasteiger partial charge in [0.2, 0.25) is 11.8 Å². The summed E-state index contributed by atoms with van der Waals surface area (Å²) in [5.41, 5.74) is 10.7. The van der Waals surface area contributed by atoms with Gasteiger partial charge in [-0.15, -0.1) is 0 Å². The number of hydrogen-bond acceptors (Lipinski definition) is 4. The standard InChI is InChI=1S/C11H19N3O4/c12-7-3-1-2-6(7)10(16)14-8(11(17)18)4-5-9(13)15/h6-8H,1-5,12H2,(H2,13,15)(H,14,16)(H,17,18)/t6?,7?,8-/m1/s1. The summed E-state index contributed by atoms with van der Waals surface area (Å²) in [7, 11) is 0. The Morgan fingerprint density at radius 3 is 2.44 bits per heavy atom. The van der Waals surface area contributed by atoms with Crippen LogP contribution in [0, 0.1) is 5.92 Å². The number of hydrogen-bond donors (Lipinski definition) is 4. The number of carboxylic acids is 1. The predicted octanol–water partition coefficient (Wildman–Crippen LogP) is -1.05. The molecule has 0 aliphatic heterocycles. The summed E-state index contributed by atoms with van der Waals surface area (Å²) >= 11 is 0. The van der Waals surface area contributed by atoms with Gasteiger partial charge in [-0.05, 0) is 19.3 Å². The van der Waals surface area contributed by atoms with E-state index in [1.165, 1.54) is 0 Å². The largest absolute Gasteiger partial charge is 0.480 e. The first-order chi connectivity index (χ1) is 8.41. The first-order valence-electron chi connectivity index (χ1n) is 5.99. The van der Waals surface area contributed by atoms with Crippen molar-refractivity contribution in [1.29, 1.82) is 0 Å². The lowest BCUT2D eigenvalue weighted by atomic mass is 10.0. The van der Waals surface area contributed by atoms with E-state index in [0.717, 1.165) is 12.8 Å². The molecular formula is C11H19N3O4. The molecule has 0 aromatic rings. The number of nitrogens with one attached hydrogen (secondary N) is 1. The number of amides is 2. The van der Waals surface area contributed by atoms with Gasteiger partial charge >= 0.3 is 5.97 Å². The molecule has 18 heavy (non-hydrogen) atoms. The maximum absolute atomic E-state index is 11.8. The van der Waals surface area contributed by atoms with Gasteiger partial charge in [0.05, 0.1) is 5.92 Å². The zero-order chi connectivity index (χ0) is 13.7. The molecule has 1 rings (SSSR count). The van der Waals surface area contributed by atoms with Gasteiger partial charge < -0.3 is 21.9 Å². The Morgan fingerprint density at radius 2 is 2.00 bits per heavy atom. The van der Waals surface area contributed by atoms with Crippen LogP contribution in [-0.4, -0.2) is 35.0 Å². The van der Waals surface area contributed by atoms with Gasteiger partial charge in [0.1, 0.15) is 6.04 Å². The summed E-state index contributed by atoms with van der Waals surface area (Å²) in [6.45, 7) is 0. The van der Waals surface area contributed by atoms with Crippen molar-refractivity contribution < 1.29 is 19.5 Å². The fraction of sp³-hybridized carbons (Fsp3) is 0.727. The number of rotatable bonds is 6. The van der Waals surface area contributed by atoms with Gasteiger partial charge in [-0.2, -0.15) is 0 Å². The van der Waals surface area contributed by atoms with Gasteiger partial charge in [-0.3, -0.25) is 9.59 Å². The molecule has 0 saturated heterocycles. The number of primary amides is 1. The zero-order valence-electron chi connectivity index (χ0n) is 10.1. The van der Waals surface area contributed by atoms with E-state index in [-0.39, 0.29) is 30.7 Å². The summed E-state index contributed by atoms with van der Waals surface area (Å²) in [6.07, 6.45) is 2.25. The van der Waals surface area contributed by atoms with Gasteiger partial charge in [0, 0.05) is 12.5 Å². The van der Waals surface area contributed by atoms with Crippen LogP contribution in [0.3, 0.4) is 0 Å². The lowest BCUT2D eigenvalue weighted by Crippen LogP contribution is -2.46. The molecule has 2 amide bonds. The van der Waals surface area contributed by atoms with E-state index in [0.29, 0.717) is 6.42 Å². The monoisotopic (exact) mass is 257 g/mol. The lowest BCUT2D eigenvalue weighted by molar-refractivity contribution is -0.142. The molecule has 3 atom stereocenters. The van der Waals surface area contributed by atoms with Crippen LogP contribution in [-0.2, 0) is 14.4 Å². The number of nitrogens with two attached hydrogens (primary N) is 2. The Balaban J connectivity index is 2.52. The number of carboxylic acid groups (broad SMARTS) is 1. The summed E-state index contributed by atoms with van der Waals surface area (Å²) < 4.78 is 0. The minimum absolute atomic E-state index is 0.00162. The summed E-state index contributed by atoms with van der Waals surface area (Å²) in [4.78, 5) is 33.4. The van der Waals surface area contributed by atoms with Crippen molar-refractivity contribution in [3.05, 3.63) is 0 Å². The molecule has 7 nitrogen and oxygen atoms in total. The normalized spacial score (nSPS) is 24.5. The van der Waals surface area contributed by atoms with Crippen molar-refractivity contribution >= 4 is 17.8 Å². The Labute approximate surface area is 105 Å². The van der Waals surface area contributed by atoms with Crippen molar-refractivity contribution in [3.8, 4) is 0 Å². The van der Waals surface area contributed by atoms with Crippen LogP contribution >= 0.6 is 0 Å². The Bertz CT molecular complexity index is 345. The molecule has 1 aliphatic carbocycles. The minimum atomic E-state index is -1.17. The molecule has 0 bridgehead atoms. The van der Waals surface area contributed by atoms with Gasteiger partial charge in [0.15, 0.2) is 0 Å². The van der Waals surface area contributed by atoms with E-state index < -0.39 is 17.9 Å². The molecular weight excluding hydrogens is 238 g/mol. The van der Waals surface area contributed by atoms with Crippen LogP contribution in [0.4, 0.5) is 0 Å². The smallest absolute Gasteiger partial charge is 0.326 e. The predicted molar refractivity (Wildman–Crippen MR) is 63.3 cm³/mol. The van der Waals surface area contributed by atoms with Crippen molar-refractivity contribution in [2.45, 2.75) is 44.2 Å². The van der Waals surface area contributed by atoms with E-state index in [2.05, 4.69) is 5.32 Å². The highest BCUT2D eigenvalue weighted by molar-refractivity contribution is 5.86. The molecule has 6 N–H and O–H groups in total. The molecule has 2 unspecified atom stereocenters. The van der Waals surface area contributed by atoms with Gasteiger partial charge in [-0.25, -0.2) is 4.79 Å². The number of aliphatic carboxylic acids is 1. The van der Waals surface area contributed by atoms with Crippen LogP contribution in [0.25, 0.3) is 0 Å². The molecule has 1 fully saturated rings. The Morgan fingerprint density at radius 1 is 1.33 bits per heavy atom. The average molecular weight is 257 g/mol. The second-order valence-corrected chi connectivity index (χ2v) is 4.61. The lowest BCUT2D eigenvalue weighted by Gasteiger charge is -2.19. The average Bonchev–Trinajstić information content (AvgIpc) is 2.69. The third kappa shape index (κ3) is 3.99. The maximum Gasteiger partial charge on any atom is 0.326 e. The third-order valence-corrected chi connectivity index (χ3v) is 3.20. The summed E-state index contributed by atoms with van der Waals surface area (Å²) in [5, 5.41) is 11.4. The van der Waals surface area contributed by atoms with E-state index in [4.69, 9.17) is 16.6 Å². The zero-order valence-corrected chi connectivity index (χ0v) is 10.1. The minimum Gasteiger partial charge on any atom is -0.480 e. The van der Waals surface area contributed by atoms with Crippen molar-refractivity contribution in [3.63, 3.8) is 0 Å². The summed E-state index contributed by atoms with van der Waals surface area (Å²) in [5.74, 6) is -2.44. The van der Waals surface area contributed by atoms with Crippen LogP contribution in [0.15, 0.2) is 0 Å². The second-order valence-electron chi connectivity index (χ2n) is 4.61. The van der Waals surface area contributed by atoms with Crippen LogP contribution in [0.5, 0.6) is 0 Å². The van der Waals surface area contributed by atoms with E-state index in [9.17, 15) is 14.4 Å². The quantitative estimate of drug-likeness (QED) is 0.481. The Kier molecular flexibility index (Phi) is 5.08. The molecule has 1 saturated carbocycles. The molecule has 0 spiro atoms. The highest BCUT2D eigenvalue weighted by atomic mass is 16.4. The molecule has 0 heterocycles. The first-order valence-corrected chi connectivity index (χ1v) is 5.99. The van der Waals surface area contributed by atoms with Gasteiger partial charge in [-0.1, -0.05) is 6.42 Å². The van der Waals surface area contributed by atoms with E-state index >= 15 is 0 Å². The molecule has 0 radical (unpaired) electrons. The fourth-order valence-electron chi connectivity index (χ4n) is 2.14. The first kappa shape index (κ1) is 14.4. The fourth-order valence-corrected chi connectivity index (χ4v) is 2.14. The highest BCUT2D eigenvalue weighted by Crippen LogP contribution is 2.24. The van der Waals surface area contributed by atoms with Crippen molar-refractivity contribution in [2.75, 3.05) is 0 Å². The van der Waals surface area contributed by atoms with Crippen molar-refractivity contribution in [1.82, 2.24) is 5.32 Å². The Hall–Kier alpha value is -1.63. The van der Waals surface area contributed by atoms with Crippen LogP contribution in [0.1, 0.15) is 32.1 Å². The van der Waals surface area contributed by atoms with E-state index in [1.807, 2.05) is 0 Å². The molecule has 0 aromatic carbocycles. The van der Waals surface area contributed by atoms with Crippen LogP contribution < -0.4 is 16.8 Å². The van der Waals surface area contributed by atoms with Crippen molar-refractivity contribution in [2.24, 2.45) is 17.4 Å². The molecule has 0 aromatic heterocycles. The summed E-state index contributed by atoms with van der Waals surface area (Å²) in [6, 6.07) is -1.30. The highest BCUT2D eigenvalue weighted by Gasteiger charge is 2.32. The van der Waals surface area contributed by atoms with E-state index in [1.54, 1.807) is 0 Å². The SMILES string of the molecule is NC(=O)CC[C@@H](NC(=O)C1CCCC1N)C(=O)O. The second kappa shape index (κ2) is 6.34. The maximum atomic E-state index is 11.8. The topological polar surface area (TPSA) is 136 Å². The van der Waals surface area contributed by atoms with Gasteiger partial charge in [0.25, 0.3) is 0 Å². The third-order valence-electron chi connectivity index (χ3n) is 3.20. The van der Waals surface area contributed by atoms with Crippen LogP contribution in [0.2, 0.25) is 0 Å².